The average molecular weight is 317 g/mol. The van der Waals surface area contributed by atoms with E-state index in [2.05, 4.69) is 10.3 Å². The molecule has 0 saturated carbocycles. The highest BCUT2D eigenvalue weighted by Crippen LogP contribution is 2.28. The second kappa shape index (κ2) is 6.57. The lowest BCUT2D eigenvalue weighted by molar-refractivity contribution is 0.424. The van der Waals surface area contributed by atoms with E-state index in [9.17, 15) is 4.39 Å². The van der Waals surface area contributed by atoms with E-state index in [1.165, 1.54) is 12.1 Å². The van der Waals surface area contributed by atoms with E-state index in [-0.39, 0.29) is 11.1 Å². The minimum absolute atomic E-state index is 0.0197. The maximum Gasteiger partial charge on any atom is 0.208 e. The zero-order valence-electron chi connectivity index (χ0n) is 11.2. The maximum atomic E-state index is 13.5. The zero-order valence-corrected chi connectivity index (χ0v) is 12.7. The number of benzene rings is 1. The number of halogens is 3. The SMILES string of the molecule is CCc1cnc(CNC(C)c2cc(F)c(Cl)cc2Cl)o1. The Balaban J connectivity index is 2.04. The summed E-state index contributed by atoms with van der Waals surface area (Å²) < 4.78 is 19.0. The molecule has 2 aromatic rings. The summed E-state index contributed by atoms with van der Waals surface area (Å²) in [5.41, 5.74) is 0.649. The first kappa shape index (κ1) is 15.3. The molecular weight excluding hydrogens is 302 g/mol. The highest BCUT2D eigenvalue weighted by Gasteiger charge is 2.14. The molecule has 1 aromatic heterocycles. The molecule has 2 rings (SSSR count). The van der Waals surface area contributed by atoms with Gasteiger partial charge in [-0.1, -0.05) is 30.1 Å². The van der Waals surface area contributed by atoms with E-state index in [0.717, 1.165) is 12.2 Å². The average Bonchev–Trinajstić information content (AvgIpc) is 2.88. The van der Waals surface area contributed by atoms with Crippen LogP contribution in [0.2, 0.25) is 10.0 Å². The van der Waals surface area contributed by atoms with Gasteiger partial charge in [-0.05, 0) is 24.6 Å². The topological polar surface area (TPSA) is 38.1 Å². The summed E-state index contributed by atoms with van der Waals surface area (Å²) in [5.74, 6) is 0.952. The monoisotopic (exact) mass is 316 g/mol. The molecule has 1 N–H and O–H groups in total. The van der Waals surface area contributed by atoms with E-state index in [4.69, 9.17) is 27.6 Å². The normalized spacial score (nSPS) is 12.7. The van der Waals surface area contributed by atoms with Gasteiger partial charge in [-0.3, -0.25) is 0 Å². The Kier molecular flexibility index (Phi) is 5.02. The highest BCUT2D eigenvalue weighted by atomic mass is 35.5. The number of aryl methyl sites for hydroxylation is 1. The third-order valence-electron chi connectivity index (χ3n) is 3.02. The van der Waals surface area contributed by atoms with Crippen molar-refractivity contribution in [3.63, 3.8) is 0 Å². The van der Waals surface area contributed by atoms with E-state index in [1.807, 2.05) is 13.8 Å². The Morgan fingerprint density at radius 1 is 1.35 bits per heavy atom. The third-order valence-corrected chi connectivity index (χ3v) is 3.63. The van der Waals surface area contributed by atoms with Crippen LogP contribution in [-0.4, -0.2) is 4.98 Å². The molecule has 0 aliphatic carbocycles. The molecule has 1 aromatic carbocycles. The van der Waals surface area contributed by atoms with Gasteiger partial charge in [0.2, 0.25) is 5.89 Å². The van der Waals surface area contributed by atoms with Gasteiger partial charge >= 0.3 is 0 Å². The molecule has 3 nitrogen and oxygen atoms in total. The number of nitrogens with zero attached hydrogens (tertiary/aromatic N) is 1. The maximum absolute atomic E-state index is 13.5. The lowest BCUT2D eigenvalue weighted by Crippen LogP contribution is -2.18. The van der Waals surface area contributed by atoms with Crippen molar-refractivity contribution in [2.24, 2.45) is 0 Å². The van der Waals surface area contributed by atoms with Crippen LogP contribution in [0.15, 0.2) is 22.7 Å². The molecule has 0 radical (unpaired) electrons. The van der Waals surface area contributed by atoms with E-state index in [0.29, 0.717) is 23.0 Å². The molecule has 0 fully saturated rings. The van der Waals surface area contributed by atoms with Crippen molar-refractivity contribution in [2.45, 2.75) is 32.9 Å². The van der Waals surface area contributed by atoms with Gasteiger partial charge in [0.15, 0.2) is 0 Å². The van der Waals surface area contributed by atoms with Gasteiger partial charge < -0.3 is 9.73 Å². The molecule has 0 aliphatic heterocycles. The van der Waals surface area contributed by atoms with Crippen LogP contribution in [0.25, 0.3) is 0 Å². The standard InChI is InChI=1S/C14H15Cl2FN2O/c1-3-9-6-19-14(20-9)7-18-8(2)10-4-13(17)12(16)5-11(10)15/h4-6,8,18H,3,7H2,1-2H3. The van der Waals surface area contributed by atoms with Crippen LogP contribution >= 0.6 is 23.2 Å². The highest BCUT2D eigenvalue weighted by molar-refractivity contribution is 6.35. The fourth-order valence-electron chi connectivity index (χ4n) is 1.81. The Labute approximate surface area is 127 Å². The Hall–Kier alpha value is -1.10. The fourth-order valence-corrected chi connectivity index (χ4v) is 2.36. The largest absolute Gasteiger partial charge is 0.444 e. The molecule has 6 heteroatoms. The molecular formula is C14H15Cl2FN2O. The van der Waals surface area contributed by atoms with Crippen molar-refractivity contribution in [3.05, 3.63) is 51.4 Å². The van der Waals surface area contributed by atoms with Crippen molar-refractivity contribution in [1.82, 2.24) is 10.3 Å². The first-order valence-electron chi connectivity index (χ1n) is 6.32. The van der Waals surface area contributed by atoms with Gasteiger partial charge in [0, 0.05) is 17.5 Å². The summed E-state index contributed by atoms with van der Waals surface area (Å²) in [6.07, 6.45) is 2.51. The number of hydrogen-bond acceptors (Lipinski definition) is 3. The van der Waals surface area contributed by atoms with Crippen LogP contribution in [0.5, 0.6) is 0 Å². The van der Waals surface area contributed by atoms with Gasteiger partial charge in [0.05, 0.1) is 17.8 Å². The fraction of sp³-hybridized carbons (Fsp3) is 0.357. The van der Waals surface area contributed by atoms with Crippen molar-refractivity contribution in [2.75, 3.05) is 0 Å². The van der Waals surface area contributed by atoms with Gasteiger partial charge in [-0.15, -0.1) is 0 Å². The lowest BCUT2D eigenvalue weighted by atomic mass is 10.1. The Morgan fingerprint density at radius 3 is 2.75 bits per heavy atom. The molecule has 0 bridgehead atoms. The van der Waals surface area contributed by atoms with Crippen LogP contribution in [0, 0.1) is 5.82 Å². The van der Waals surface area contributed by atoms with E-state index < -0.39 is 5.82 Å². The molecule has 0 amide bonds. The molecule has 1 heterocycles. The number of rotatable bonds is 5. The summed E-state index contributed by atoms with van der Waals surface area (Å²) in [7, 11) is 0. The van der Waals surface area contributed by atoms with Gasteiger partial charge in [-0.25, -0.2) is 9.37 Å². The van der Waals surface area contributed by atoms with Gasteiger partial charge in [0.25, 0.3) is 0 Å². The summed E-state index contributed by atoms with van der Waals surface area (Å²) >= 11 is 11.8. The van der Waals surface area contributed by atoms with Gasteiger partial charge in [0.1, 0.15) is 11.6 Å². The molecule has 0 aliphatic rings. The summed E-state index contributed by atoms with van der Waals surface area (Å²) in [5, 5.41) is 3.64. The number of aromatic nitrogens is 1. The molecule has 20 heavy (non-hydrogen) atoms. The second-order valence-electron chi connectivity index (χ2n) is 4.46. The van der Waals surface area contributed by atoms with Crippen LogP contribution in [-0.2, 0) is 13.0 Å². The Morgan fingerprint density at radius 2 is 2.10 bits per heavy atom. The van der Waals surface area contributed by atoms with Crippen molar-refractivity contribution in [3.8, 4) is 0 Å². The lowest BCUT2D eigenvalue weighted by Gasteiger charge is -2.15. The smallest absolute Gasteiger partial charge is 0.208 e. The van der Waals surface area contributed by atoms with Gasteiger partial charge in [-0.2, -0.15) is 0 Å². The third kappa shape index (κ3) is 3.51. The molecule has 108 valence electrons. The molecule has 0 saturated heterocycles. The Bertz CT molecular complexity index is 601. The number of nitrogens with one attached hydrogen (secondary N) is 1. The zero-order chi connectivity index (χ0) is 14.7. The van der Waals surface area contributed by atoms with Crippen LogP contribution < -0.4 is 5.32 Å². The van der Waals surface area contributed by atoms with E-state index in [1.54, 1.807) is 6.20 Å². The number of hydrogen-bond donors (Lipinski definition) is 1. The van der Waals surface area contributed by atoms with Crippen molar-refractivity contribution < 1.29 is 8.81 Å². The van der Waals surface area contributed by atoms with Crippen LogP contribution in [0.3, 0.4) is 0 Å². The van der Waals surface area contributed by atoms with Crippen LogP contribution in [0.1, 0.15) is 37.1 Å². The molecule has 0 spiro atoms. The minimum Gasteiger partial charge on any atom is -0.444 e. The summed E-state index contributed by atoms with van der Waals surface area (Å²) in [6.45, 7) is 4.33. The minimum atomic E-state index is -0.482. The summed E-state index contributed by atoms with van der Waals surface area (Å²) in [6, 6.07) is 2.60. The summed E-state index contributed by atoms with van der Waals surface area (Å²) in [4.78, 5) is 4.15. The molecule has 1 atom stereocenters. The predicted molar refractivity (Wildman–Crippen MR) is 77.6 cm³/mol. The predicted octanol–water partition coefficient (Wildman–Crippen LogP) is 4.53. The first-order valence-corrected chi connectivity index (χ1v) is 7.08. The van der Waals surface area contributed by atoms with Crippen molar-refractivity contribution in [1.29, 1.82) is 0 Å². The van der Waals surface area contributed by atoms with Crippen molar-refractivity contribution >= 4 is 23.2 Å². The second-order valence-corrected chi connectivity index (χ2v) is 5.28. The number of oxazole rings is 1. The van der Waals surface area contributed by atoms with E-state index >= 15 is 0 Å². The quantitative estimate of drug-likeness (QED) is 0.823. The first-order chi connectivity index (χ1) is 9.51. The van der Waals surface area contributed by atoms with Crippen LogP contribution in [0.4, 0.5) is 4.39 Å². The molecule has 1 unspecified atom stereocenters.